The maximum absolute atomic E-state index is 11.2. The van der Waals surface area contributed by atoms with Crippen LogP contribution in [0.5, 0.6) is 11.6 Å². The molecule has 1 heterocycles. The van der Waals surface area contributed by atoms with Gasteiger partial charge in [0.2, 0.25) is 5.88 Å². The highest BCUT2D eigenvalue weighted by atomic mass is 16.5. The average molecular weight is 453 g/mol. The van der Waals surface area contributed by atoms with Gasteiger partial charge in [0.25, 0.3) is 0 Å². The second-order valence-electron chi connectivity index (χ2n) is 9.99. The normalized spacial score (nSPS) is 25.5. The molecule has 3 aromatic rings. The van der Waals surface area contributed by atoms with Crippen molar-refractivity contribution in [2.45, 2.75) is 70.3 Å². The minimum atomic E-state index is -0.873. The lowest BCUT2D eigenvalue weighted by molar-refractivity contribution is -0.00804. The first-order valence-corrected chi connectivity index (χ1v) is 12.2. The Morgan fingerprint density at radius 2 is 1.94 bits per heavy atom. The summed E-state index contributed by atoms with van der Waals surface area (Å²) in [4.78, 5) is 8.90. The standard InChI is InChI=1S/C30H32N2O2/c1-4-14-29(33)15-16-30(18-23-8-6-5-7-9-23)25(19-29)11-10-24-17-26(12-13-27(24)30)34-28-22(3)31-20-21(2)32-28/h5-9,12-13,17,20,25,33H,10-11,15-16,18-19H2,1-3H3/t25-,29-,30+/m1/s1. The Morgan fingerprint density at radius 3 is 2.74 bits per heavy atom. The van der Waals surface area contributed by atoms with Gasteiger partial charge in [-0.1, -0.05) is 42.3 Å². The molecule has 1 saturated carbocycles. The highest BCUT2D eigenvalue weighted by molar-refractivity contribution is 5.46. The van der Waals surface area contributed by atoms with Crippen LogP contribution in [0.4, 0.5) is 0 Å². The van der Waals surface area contributed by atoms with Gasteiger partial charge in [0.1, 0.15) is 11.4 Å². The van der Waals surface area contributed by atoms with Gasteiger partial charge in [-0.2, -0.15) is 0 Å². The van der Waals surface area contributed by atoms with Crippen molar-refractivity contribution in [2.75, 3.05) is 0 Å². The Balaban J connectivity index is 1.53. The highest BCUT2D eigenvalue weighted by Gasteiger charge is 2.51. The molecule has 0 saturated heterocycles. The molecular weight excluding hydrogens is 420 g/mol. The van der Waals surface area contributed by atoms with Crippen molar-refractivity contribution in [2.24, 2.45) is 5.92 Å². The summed E-state index contributed by atoms with van der Waals surface area (Å²) >= 11 is 0. The van der Waals surface area contributed by atoms with Crippen LogP contribution < -0.4 is 4.74 Å². The Labute approximate surface area is 202 Å². The molecule has 1 N–H and O–H groups in total. The molecule has 0 unspecified atom stereocenters. The molecule has 2 aliphatic carbocycles. The maximum Gasteiger partial charge on any atom is 0.241 e. The molecule has 1 fully saturated rings. The SMILES string of the molecule is CC#C[C@@]1(O)CC[C@@]2(Cc3ccccc3)c3ccc(Oc4nc(C)cnc4C)cc3CC[C@@H]2C1. The first-order valence-electron chi connectivity index (χ1n) is 12.2. The van der Waals surface area contributed by atoms with Crippen molar-refractivity contribution in [3.05, 3.63) is 82.8 Å². The van der Waals surface area contributed by atoms with Crippen molar-refractivity contribution in [1.82, 2.24) is 9.97 Å². The van der Waals surface area contributed by atoms with Gasteiger partial charge in [0.05, 0.1) is 11.4 Å². The number of aromatic nitrogens is 2. The third kappa shape index (κ3) is 4.21. The molecule has 0 aliphatic heterocycles. The van der Waals surface area contributed by atoms with Crippen molar-refractivity contribution in [3.63, 3.8) is 0 Å². The second kappa shape index (κ2) is 8.89. The molecule has 3 atom stereocenters. The zero-order valence-electron chi connectivity index (χ0n) is 20.3. The summed E-state index contributed by atoms with van der Waals surface area (Å²) in [6, 6.07) is 17.3. The molecule has 0 bridgehead atoms. The molecule has 5 rings (SSSR count). The second-order valence-corrected chi connectivity index (χ2v) is 9.99. The Morgan fingerprint density at radius 1 is 1.12 bits per heavy atom. The Hall–Kier alpha value is -3.16. The lowest BCUT2D eigenvalue weighted by atomic mass is 9.52. The van der Waals surface area contributed by atoms with Gasteiger partial charge in [0.15, 0.2) is 0 Å². The molecule has 34 heavy (non-hydrogen) atoms. The van der Waals surface area contributed by atoms with Crippen LogP contribution >= 0.6 is 0 Å². The molecular formula is C30H32N2O2. The zero-order chi connectivity index (χ0) is 23.8. The predicted octanol–water partition coefficient (Wildman–Crippen LogP) is 5.87. The van der Waals surface area contributed by atoms with Crippen molar-refractivity contribution >= 4 is 0 Å². The average Bonchev–Trinajstić information content (AvgIpc) is 2.82. The van der Waals surface area contributed by atoms with Crippen LogP contribution in [0.25, 0.3) is 0 Å². The molecule has 0 spiro atoms. The maximum atomic E-state index is 11.2. The lowest BCUT2D eigenvalue weighted by Crippen LogP contribution is -2.50. The molecule has 0 radical (unpaired) electrons. The largest absolute Gasteiger partial charge is 0.437 e. The fraction of sp³-hybridized carbons (Fsp3) is 0.400. The quantitative estimate of drug-likeness (QED) is 0.503. The van der Waals surface area contributed by atoms with E-state index in [2.05, 4.69) is 70.3 Å². The van der Waals surface area contributed by atoms with Gasteiger partial charge >= 0.3 is 0 Å². The minimum absolute atomic E-state index is 0.00578. The summed E-state index contributed by atoms with van der Waals surface area (Å²) in [5, 5.41) is 11.2. The smallest absolute Gasteiger partial charge is 0.241 e. The lowest BCUT2D eigenvalue weighted by Gasteiger charge is -2.52. The van der Waals surface area contributed by atoms with Crippen LogP contribution in [0.15, 0.2) is 54.7 Å². The van der Waals surface area contributed by atoms with Crippen molar-refractivity contribution in [3.8, 4) is 23.5 Å². The van der Waals surface area contributed by atoms with E-state index in [1.54, 1.807) is 6.20 Å². The fourth-order valence-electron chi connectivity index (χ4n) is 6.09. The number of aliphatic hydroxyl groups is 1. The van der Waals surface area contributed by atoms with E-state index < -0.39 is 5.60 Å². The van der Waals surface area contributed by atoms with Crippen LogP contribution in [-0.4, -0.2) is 20.7 Å². The molecule has 4 heteroatoms. The molecule has 2 aliphatic rings. The van der Waals surface area contributed by atoms with Gasteiger partial charge in [-0.15, -0.1) is 5.92 Å². The molecule has 4 nitrogen and oxygen atoms in total. The fourth-order valence-corrected chi connectivity index (χ4v) is 6.09. The number of nitrogens with zero attached hydrogens (tertiary/aromatic N) is 2. The summed E-state index contributed by atoms with van der Waals surface area (Å²) in [7, 11) is 0. The van der Waals surface area contributed by atoms with Gasteiger partial charge < -0.3 is 9.84 Å². The van der Waals surface area contributed by atoms with E-state index in [-0.39, 0.29) is 5.41 Å². The highest BCUT2D eigenvalue weighted by Crippen LogP contribution is 2.54. The first kappa shape index (κ1) is 22.6. The molecule has 0 amide bonds. The number of hydrogen-bond donors (Lipinski definition) is 1. The van der Waals surface area contributed by atoms with Gasteiger partial charge in [-0.3, -0.25) is 4.98 Å². The van der Waals surface area contributed by atoms with Crippen LogP contribution in [0.2, 0.25) is 0 Å². The van der Waals surface area contributed by atoms with E-state index in [1.165, 1.54) is 16.7 Å². The topological polar surface area (TPSA) is 55.2 Å². The van der Waals surface area contributed by atoms with E-state index in [9.17, 15) is 5.11 Å². The number of ether oxygens (including phenoxy) is 1. The summed E-state index contributed by atoms with van der Waals surface area (Å²) < 4.78 is 6.18. The predicted molar refractivity (Wildman–Crippen MR) is 134 cm³/mol. The van der Waals surface area contributed by atoms with E-state index in [0.717, 1.165) is 49.2 Å². The summed E-state index contributed by atoms with van der Waals surface area (Å²) in [6.45, 7) is 5.66. The van der Waals surface area contributed by atoms with Crippen LogP contribution in [0.1, 0.15) is 60.7 Å². The van der Waals surface area contributed by atoms with Crippen LogP contribution in [-0.2, 0) is 18.3 Å². The van der Waals surface area contributed by atoms with Crippen molar-refractivity contribution in [1.29, 1.82) is 0 Å². The van der Waals surface area contributed by atoms with E-state index in [4.69, 9.17) is 4.74 Å². The molecule has 1 aromatic heterocycles. The number of benzene rings is 2. The van der Waals surface area contributed by atoms with E-state index in [1.807, 2.05) is 20.8 Å². The Bertz CT molecular complexity index is 1260. The summed E-state index contributed by atoms with van der Waals surface area (Å²) in [6.07, 6.45) is 7.11. The van der Waals surface area contributed by atoms with E-state index >= 15 is 0 Å². The molecule has 174 valence electrons. The Kier molecular flexibility index (Phi) is 5.91. The summed E-state index contributed by atoms with van der Waals surface area (Å²) in [5.41, 5.74) is 4.84. The third-order valence-electron chi connectivity index (χ3n) is 7.69. The van der Waals surface area contributed by atoms with Crippen molar-refractivity contribution < 1.29 is 9.84 Å². The third-order valence-corrected chi connectivity index (χ3v) is 7.69. The number of hydrogen-bond acceptors (Lipinski definition) is 4. The summed E-state index contributed by atoms with van der Waals surface area (Å²) in [5.74, 6) is 7.84. The molecule has 2 aromatic carbocycles. The van der Waals surface area contributed by atoms with Crippen LogP contribution in [0.3, 0.4) is 0 Å². The number of aryl methyl sites for hydroxylation is 3. The van der Waals surface area contributed by atoms with Gasteiger partial charge in [-0.25, -0.2) is 4.98 Å². The number of fused-ring (bicyclic) bond motifs is 3. The van der Waals surface area contributed by atoms with Crippen LogP contribution in [0, 0.1) is 31.6 Å². The monoisotopic (exact) mass is 452 g/mol. The van der Waals surface area contributed by atoms with E-state index in [0.29, 0.717) is 18.2 Å². The van der Waals surface area contributed by atoms with Gasteiger partial charge in [0, 0.05) is 11.6 Å². The minimum Gasteiger partial charge on any atom is -0.437 e. The first-order chi connectivity index (χ1) is 16.4. The number of rotatable bonds is 4. The zero-order valence-corrected chi connectivity index (χ0v) is 20.3. The van der Waals surface area contributed by atoms with Gasteiger partial charge in [-0.05, 0) is 94.0 Å².